The number of furan rings is 1. The fraction of sp³-hybridized carbons (Fsp3) is 0.333. The molecule has 3 aromatic rings. The van der Waals surface area contributed by atoms with Crippen molar-refractivity contribution in [3.05, 3.63) is 69.8 Å². The van der Waals surface area contributed by atoms with E-state index in [2.05, 4.69) is 17.1 Å². The van der Waals surface area contributed by atoms with Gasteiger partial charge >= 0.3 is 0 Å². The monoisotopic (exact) mass is 467 g/mol. The van der Waals surface area contributed by atoms with Gasteiger partial charge in [-0.05, 0) is 50.1 Å². The molecular weight excluding hydrogens is 442 g/mol. The van der Waals surface area contributed by atoms with Crippen molar-refractivity contribution in [3.63, 3.8) is 0 Å². The second-order valence-electron chi connectivity index (χ2n) is 7.81. The summed E-state index contributed by atoms with van der Waals surface area (Å²) in [6.07, 6.45) is 3.09. The molecule has 1 aromatic carbocycles. The quantitative estimate of drug-likeness (QED) is 0.345. The van der Waals surface area contributed by atoms with Gasteiger partial charge in [-0.25, -0.2) is 0 Å². The molecule has 3 heterocycles. The molecule has 1 atom stereocenters. The van der Waals surface area contributed by atoms with Crippen molar-refractivity contribution in [2.45, 2.75) is 46.1 Å². The Morgan fingerprint density at radius 3 is 2.70 bits per heavy atom. The molecule has 0 saturated heterocycles. The predicted octanol–water partition coefficient (Wildman–Crippen LogP) is 5.10. The molecule has 172 valence electrons. The number of nitrogens with zero attached hydrogens (tertiary/aromatic N) is 3. The van der Waals surface area contributed by atoms with Crippen LogP contribution in [-0.2, 0) is 4.79 Å². The molecule has 1 aliphatic rings. The van der Waals surface area contributed by atoms with Gasteiger partial charge in [0.25, 0.3) is 5.91 Å². The molecule has 1 amide bonds. The molecule has 1 N–H and O–H groups in total. The number of aliphatic hydroxyl groups excluding tert-OH is 1. The van der Waals surface area contributed by atoms with E-state index >= 15 is 0 Å². The van der Waals surface area contributed by atoms with Gasteiger partial charge in [0.05, 0.1) is 18.2 Å². The number of amides is 1. The third-order valence-electron chi connectivity index (χ3n) is 5.33. The minimum absolute atomic E-state index is 0.0501. The minimum atomic E-state index is -0.901. The number of carbonyl (C=O) groups excluding carboxylic acids is 2. The number of aliphatic hydroxyl groups is 1. The summed E-state index contributed by atoms with van der Waals surface area (Å²) in [5.74, 6) is -0.667. The zero-order valence-electron chi connectivity index (χ0n) is 18.7. The molecule has 1 unspecified atom stereocenters. The number of benzene rings is 1. The topological polar surface area (TPSA) is 106 Å². The number of Topliss-reactive ketones (excluding diaryl/α,β-unsaturated/α-hetero) is 1. The van der Waals surface area contributed by atoms with E-state index in [0.29, 0.717) is 33.8 Å². The number of anilines is 1. The highest BCUT2D eigenvalue weighted by molar-refractivity contribution is 7.15. The largest absolute Gasteiger partial charge is 0.503 e. The maximum absolute atomic E-state index is 13.4. The van der Waals surface area contributed by atoms with E-state index in [0.717, 1.165) is 19.3 Å². The fourth-order valence-electron chi connectivity index (χ4n) is 3.74. The van der Waals surface area contributed by atoms with Crippen LogP contribution in [0.15, 0.2) is 52.1 Å². The summed E-state index contributed by atoms with van der Waals surface area (Å²) in [6.45, 7) is 6.18. The van der Waals surface area contributed by atoms with Gasteiger partial charge in [0.2, 0.25) is 10.9 Å². The fourth-order valence-corrected chi connectivity index (χ4v) is 4.45. The molecule has 0 bridgehead atoms. The van der Waals surface area contributed by atoms with E-state index in [4.69, 9.17) is 9.15 Å². The summed E-state index contributed by atoms with van der Waals surface area (Å²) in [6, 6.07) is 9.49. The van der Waals surface area contributed by atoms with Crippen molar-refractivity contribution in [3.8, 4) is 5.75 Å². The highest BCUT2D eigenvalue weighted by Crippen LogP contribution is 2.43. The first-order chi connectivity index (χ1) is 15.9. The van der Waals surface area contributed by atoms with Gasteiger partial charge in [-0.3, -0.25) is 14.5 Å². The van der Waals surface area contributed by atoms with Crippen LogP contribution in [0.2, 0.25) is 0 Å². The lowest BCUT2D eigenvalue weighted by Crippen LogP contribution is -2.31. The Balaban J connectivity index is 1.76. The van der Waals surface area contributed by atoms with Crippen LogP contribution in [0, 0.1) is 13.8 Å². The van der Waals surface area contributed by atoms with Crippen LogP contribution in [0.4, 0.5) is 5.13 Å². The van der Waals surface area contributed by atoms with Crippen LogP contribution in [0.5, 0.6) is 5.75 Å². The third-order valence-corrected chi connectivity index (χ3v) is 6.17. The van der Waals surface area contributed by atoms with Crippen molar-refractivity contribution in [1.29, 1.82) is 0 Å². The van der Waals surface area contributed by atoms with Gasteiger partial charge in [-0.15, -0.1) is 10.2 Å². The van der Waals surface area contributed by atoms with Crippen molar-refractivity contribution < 1.29 is 23.8 Å². The van der Waals surface area contributed by atoms with E-state index < -0.39 is 23.5 Å². The Morgan fingerprint density at radius 1 is 1.21 bits per heavy atom. The van der Waals surface area contributed by atoms with Crippen LogP contribution in [0.1, 0.15) is 59.1 Å². The number of hydrogen-bond donors (Lipinski definition) is 1. The van der Waals surface area contributed by atoms with Gasteiger partial charge < -0.3 is 14.3 Å². The van der Waals surface area contributed by atoms with Crippen molar-refractivity contribution >= 4 is 28.2 Å². The summed E-state index contributed by atoms with van der Waals surface area (Å²) in [7, 11) is 0. The van der Waals surface area contributed by atoms with Gasteiger partial charge in [0, 0.05) is 0 Å². The zero-order chi connectivity index (χ0) is 23.5. The molecule has 0 fully saturated rings. The first-order valence-electron chi connectivity index (χ1n) is 10.8. The number of rotatable bonds is 9. The number of unbranched alkanes of at least 4 members (excludes halogenated alkanes) is 2. The smallest absolute Gasteiger partial charge is 0.296 e. The molecule has 33 heavy (non-hydrogen) atoms. The Bertz CT molecular complexity index is 1210. The highest BCUT2D eigenvalue weighted by Gasteiger charge is 2.46. The maximum Gasteiger partial charge on any atom is 0.296 e. The van der Waals surface area contributed by atoms with Gasteiger partial charge in [0.1, 0.15) is 16.5 Å². The lowest BCUT2D eigenvalue weighted by Gasteiger charge is -2.24. The molecule has 0 aliphatic carbocycles. The van der Waals surface area contributed by atoms with Crippen molar-refractivity contribution in [1.82, 2.24) is 10.2 Å². The van der Waals surface area contributed by atoms with E-state index in [-0.39, 0.29) is 11.3 Å². The minimum Gasteiger partial charge on any atom is -0.503 e. The van der Waals surface area contributed by atoms with Crippen LogP contribution in [0.25, 0.3) is 0 Å². The molecule has 2 aromatic heterocycles. The number of aryl methyl sites for hydroxylation is 2. The van der Waals surface area contributed by atoms with Crippen molar-refractivity contribution in [2.24, 2.45) is 0 Å². The molecule has 1 aliphatic heterocycles. The number of ketones is 1. The number of aromatic nitrogens is 2. The summed E-state index contributed by atoms with van der Waals surface area (Å²) in [4.78, 5) is 27.8. The summed E-state index contributed by atoms with van der Waals surface area (Å²) in [5.41, 5.74) is 0.546. The standard InChI is InChI=1S/C24H25N3O5S/c1-4-5-6-12-31-17-9-7-8-16(13-17)20-19(21(28)18-11-10-14(2)32-18)22(29)23(30)27(20)24-26-25-15(3)33-24/h7-11,13,20,29H,4-6,12H2,1-3H3. The molecule has 8 nitrogen and oxygen atoms in total. The predicted molar refractivity (Wildman–Crippen MR) is 124 cm³/mol. The lowest BCUT2D eigenvalue weighted by molar-refractivity contribution is -0.117. The van der Waals surface area contributed by atoms with Crippen molar-refractivity contribution in [2.75, 3.05) is 11.5 Å². The number of carbonyl (C=O) groups is 2. The average Bonchev–Trinajstić information content (AvgIpc) is 3.49. The molecule has 0 saturated carbocycles. The van der Waals surface area contributed by atoms with E-state index in [1.54, 1.807) is 38.1 Å². The van der Waals surface area contributed by atoms with Crippen LogP contribution < -0.4 is 9.64 Å². The molecule has 0 radical (unpaired) electrons. The SMILES string of the molecule is CCCCCOc1cccc(C2C(C(=O)c3ccc(C)o3)=C(O)C(=O)N2c2nnc(C)s2)c1. The van der Waals surface area contributed by atoms with Crippen LogP contribution >= 0.6 is 11.3 Å². The molecule has 4 rings (SSSR count). The maximum atomic E-state index is 13.4. The Morgan fingerprint density at radius 2 is 2.03 bits per heavy atom. The summed E-state index contributed by atoms with van der Waals surface area (Å²) >= 11 is 1.21. The summed E-state index contributed by atoms with van der Waals surface area (Å²) in [5, 5.41) is 19.8. The second-order valence-corrected chi connectivity index (χ2v) is 8.97. The van der Waals surface area contributed by atoms with E-state index in [1.165, 1.54) is 22.3 Å². The van der Waals surface area contributed by atoms with Crippen LogP contribution in [0.3, 0.4) is 0 Å². The molecule has 9 heteroatoms. The Hall–Kier alpha value is -3.46. The first-order valence-corrected chi connectivity index (χ1v) is 11.6. The lowest BCUT2D eigenvalue weighted by atomic mass is 9.95. The Kier molecular flexibility index (Phi) is 6.60. The molecular formula is C24H25N3O5S. The number of hydrogen-bond acceptors (Lipinski definition) is 8. The van der Waals surface area contributed by atoms with E-state index in [9.17, 15) is 14.7 Å². The van der Waals surface area contributed by atoms with Crippen LogP contribution in [-0.4, -0.2) is 33.6 Å². The van der Waals surface area contributed by atoms with Gasteiger partial charge in [-0.2, -0.15) is 0 Å². The normalized spacial score (nSPS) is 16.0. The number of ether oxygens (including phenoxy) is 1. The first kappa shape index (κ1) is 22.7. The Labute approximate surface area is 195 Å². The van der Waals surface area contributed by atoms with Gasteiger partial charge in [0.15, 0.2) is 11.5 Å². The third kappa shape index (κ3) is 4.54. The average molecular weight is 468 g/mol. The second kappa shape index (κ2) is 9.58. The van der Waals surface area contributed by atoms with Gasteiger partial charge in [-0.1, -0.05) is 43.2 Å². The highest BCUT2D eigenvalue weighted by atomic mass is 32.1. The zero-order valence-corrected chi connectivity index (χ0v) is 19.5. The molecule has 0 spiro atoms. The van der Waals surface area contributed by atoms with E-state index in [1.807, 2.05) is 6.07 Å². The summed E-state index contributed by atoms with van der Waals surface area (Å²) < 4.78 is 11.4.